The SMILES string of the molecule is CC1CCCN(S(=O)(=O)O)C1. The van der Waals surface area contributed by atoms with Crippen molar-refractivity contribution in [3.8, 4) is 0 Å². The number of hydrogen-bond acceptors (Lipinski definition) is 2. The fourth-order valence-electron chi connectivity index (χ4n) is 1.36. The predicted molar refractivity (Wildman–Crippen MR) is 41.5 cm³/mol. The molecular formula is C6H13NO3S. The molecule has 0 aliphatic carbocycles. The lowest BCUT2D eigenvalue weighted by atomic mass is 10.0. The van der Waals surface area contributed by atoms with E-state index in [4.69, 9.17) is 4.55 Å². The van der Waals surface area contributed by atoms with Crippen LogP contribution in [0.15, 0.2) is 0 Å². The van der Waals surface area contributed by atoms with Crippen LogP contribution in [0.25, 0.3) is 0 Å². The van der Waals surface area contributed by atoms with Gasteiger partial charge in [-0.05, 0) is 18.8 Å². The second-order valence-corrected chi connectivity index (χ2v) is 4.50. The van der Waals surface area contributed by atoms with Crippen LogP contribution in [0.5, 0.6) is 0 Å². The molecule has 0 aromatic rings. The summed E-state index contributed by atoms with van der Waals surface area (Å²) >= 11 is 0. The smallest absolute Gasteiger partial charge is 0.273 e. The third-order valence-electron chi connectivity index (χ3n) is 1.95. The van der Waals surface area contributed by atoms with Crippen LogP contribution in [0.1, 0.15) is 19.8 Å². The van der Waals surface area contributed by atoms with E-state index in [2.05, 4.69) is 0 Å². The van der Waals surface area contributed by atoms with E-state index in [0.717, 1.165) is 17.1 Å². The molecule has 1 unspecified atom stereocenters. The molecule has 1 aliphatic heterocycles. The Morgan fingerprint density at radius 2 is 2.18 bits per heavy atom. The van der Waals surface area contributed by atoms with E-state index < -0.39 is 10.3 Å². The fraction of sp³-hybridized carbons (Fsp3) is 1.00. The topological polar surface area (TPSA) is 57.6 Å². The van der Waals surface area contributed by atoms with Crippen LogP contribution in [0.3, 0.4) is 0 Å². The molecule has 1 saturated heterocycles. The van der Waals surface area contributed by atoms with Gasteiger partial charge in [-0.2, -0.15) is 12.7 Å². The Bertz CT molecular complexity index is 224. The lowest BCUT2D eigenvalue weighted by Gasteiger charge is -2.27. The molecule has 1 N–H and O–H groups in total. The Hall–Kier alpha value is -0.130. The molecule has 66 valence electrons. The monoisotopic (exact) mass is 179 g/mol. The second-order valence-electron chi connectivity index (χ2n) is 3.08. The summed E-state index contributed by atoms with van der Waals surface area (Å²) in [6, 6.07) is 0. The Balaban J connectivity index is 2.60. The van der Waals surface area contributed by atoms with E-state index in [1.165, 1.54) is 0 Å². The van der Waals surface area contributed by atoms with Gasteiger partial charge in [0.1, 0.15) is 0 Å². The first kappa shape index (κ1) is 8.96. The summed E-state index contributed by atoms with van der Waals surface area (Å²) in [6.07, 6.45) is 1.90. The average Bonchev–Trinajstić information content (AvgIpc) is 1.86. The molecule has 1 heterocycles. The highest BCUT2D eigenvalue weighted by molar-refractivity contribution is 7.83. The van der Waals surface area contributed by atoms with Crippen molar-refractivity contribution in [2.45, 2.75) is 19.8 Å². The summed E-state index contributed by atoms with van der Waals surface area (Å²) in [6.45, 7) is 2.90. The number of piperidine rings is 1. The molecule has 1 atom stereocenters. The Labute approximate surface area is 67.1 Å². The van der Waals surface area contributed by atoms with Crippen molar-refractivity contribution in [3.05, 3.63) is 0 Å². The molecule has 11 heavy (non-hydrogen) atoms. The van der Waals surface area contributed by atoms with Gasteiger partial charge in [-0.3, -0.25) is 4.55 Å². The van der Waals surface area contributed by atoms with Gasteiger partial charge in [-0.25, -0.2) is 0 Å². The maximum Gasteiger partial charge on any atom is 0.335 e. The van der Waals surface area contributed by atoms with Crippen LogP contribution >= 0.6 is 0 Å². The van der Waals surface area contributed by atoms with Gasteiger partial charge >= 0.3 is 10.3 Å². The minimum absolute atomic E-state index is 0.366. The maximum atomic E-state index is 10.6. The van der Waals surface area contributed by atoms with Gasteiger partial charge < -0.3 is 0 Å². The molecule has 0 saturated carbocycles. The minimum Gasteiger partial charge on any atom is -0.273 e. The molecule has 4 nitrogen and oxygen atoms in total. The largest absolute Gasteiger partial charge is 0.335 e. The fourth-order valence-corrected chi connectivity index (χ4v) is 2.16. The van der Waals surface area contributed by atoms with Crippen LogP contribution in [0.4, 0.5) is 0 Å². The first-order chi connectivity index (χ1) is 5.00. The molecule has 0 spiro atoms. The van der Waals surface area contributed by atoms with Gasteiger partial charge in [0.05, 0.1) is 0 Å². The van der Waals surface area contributed by atoms with E-state index in [9.17, 15) is 8.42 Å². The molecule has 1 aliphatic rings. The summed E-state index contributed by atoms with van der Waals surface area (Å²) in [5, 5.41) is 0. The number of hydrogen-bond donors (Lipinski definition) is 1. The van der Waals surface area contributed by atoms with E-state index in [-0.39, 0.29) is 0 Å². The lowest BCUT2D eigenvalue weighted by Crippen LogP contribution is -2.38. The van der Waals surface area contributed by atoms with Gasteiger partial charge in [0.15, 0.2) is 0 Å². The zero-order valence-electron chi connectivity index (χ0n) is 6.52. The highest BCUT2D eigenvalue weighted by Gasteiger charge is 2.24. The number of nitrogens with zero attached hydrogens (tertiary/aromatic N) is 1. The third kappa shape index (κ3) is 2.43. The van der Waals surface area contributed by atoms with Crippen LogP contribution in [-0.4, -0.2) is 30.4 Å². The lowest BCUT2D eigenvalue weighted by molar-refractivity contribution is 0.258. The molecule has 0 radical (unpaired) electrons. The predicted octanol–water partition coefficient (Wildman–Crippen LogP) is 0.521. The van der Waals surface area contributed by atoms with Gasteiger partial charge in [-0.15, -0.1) is 0 Å². The molecular weight excluding hydrogens is 166 g/mol. The van der Waals surface area contributed by atoms with Crippen molar-refractivity contribution in [1.29, 1.82) is 0 Å². The molecule has 1 rings (SSSR count). The summed E-state index contributed by atoms with van der Waals surface area (Å²) in [7, 11) is -3.93. The quantitative estimate of drug-likeness (QED) is 0.597. The zero-order chi connectivity index (χ0) is 8.48. The molecule has 0 aromatic carbocycles. The Morgan fingerprint density at radius 1 is 1.55 bits per heavy atom. The van der Waals surface area contributed by atoms with Crippen molar-refractivity contribution >= 4 is 10.3 Å². The average molecular weight is 179 g/mol. The van der Waals surface area contributed by atoms with Crippen molar-refractivity contribution in [2.24, 2.45) is 5.92 Å². The summed E-state index contributed by atoms with van der Waals surface area (Å²) in [4.78, 5) is 0. The highest BCUT2D eigenvalue weighted by atomic mass is 32.2. The van der Waals surface area contributed by atoms with Crippen molar-refractivity contribution in [3.63, 3.8) is 0 Å². The standard InChI is InChI=1S/C6H13NO3S/c1-6-3-2-4-7(5-6)11(8,9)10/h6H,2-5H2,1H3,(H,8,9,10). The van der Waals surface area contributed by atoms with Crippen LogP contribution in [0.2, 0.25) is 0 Å². The Kier molecular flexibility index (Phi) is 2.51. The molecule has 5 heteroatoms. The Morgan fingerprint density at radius 3 is 2.55 bits per heavy atom. The summed E-state index contributed by atoms with van der Waals surface area (Å²) < 4.78 is 31.0. The van der Waals surface area contributed by atoms with E-state index in [1.807, 2.05) is 6.92 Å². The van der Waals surface area contributed by atoms with Crippen molar-refractivity contribution < 1.29 is 13.0 Å². The van der Waals surface area contributed by atoms with Gasteiger partial charge in [0, 0.05) is 13.1 Å². The van der Waals surface area contributed by atoms with Crippen LogP contribution in [0, 0.1) is 5.92 Å². The minimum atomic E-state index is -3.93. The molecule has 0 aromatic heterocycles. The zero-order valence-corrected chi connectivity index (χ0v) is 7.34. The summed E-state index contributed by atoms with van der Waals surface area (Å²) in [5.74, 6) is 0.366. The first-order valence-corrected chi connectivity index (χ1v) is 5.12. The third-order valence-corrected chi connectivity index (χ3v) is 2.93. The highest BCUT2D eigenvalue weighted by Crippen LogP contribution is 2.17. The maximum absolute atomic E-state index is 10.6. The van der Waals surface area contributed by atoms with Gasteiger partial charge in [-0.1, -0.05) is 6.92 Å². The van der Waals surface area contributed by atoms with Gasteiger partial charge in [0.2, 0.25) is 0 Å². The molecule has 0 amide bonds. The number of rotatable bonds is 1. The van der Waals surface area contributed by atoms with E-state index in [1.54, 1.807) is 0 Å². The van der Waals surface area contributed by atoms with Crippen molar-refractivity contribution in [2.75, 3.05) is 13.1 Å². The van der Waals surface area contributed by atoms with Crippen LogP contribution in [-0.2, 0) is 10.3 Å². The van der Waals surface area contributed by atoms with Gasteiger partial charge in [0.25, 0.3) is 0 Å². The molecule has 1 fully saturated rings. The summed E-state index contributed by atoms with van der Waals surface area (Å²) in [5.41, 5.74) is 0. The molecule has 0 bridgehead atoms. The normalized spacial score (nSPS) is 28.7. The second kappa shape index (κ2) is 3.08. The van der Waals surface area contributed by atoms with Crippen LogP contribution < -0.4 is 0 Å². The first-order valence-electron chi connectivity index (χ1n) is 3.72. The van der Waals surface area contributed by atoms with E-state index in [0.29, 0.717) is 19.0 Å². The van der Waals surface area contributed by atoms with E-state index >= 15 is 0 Å². The van der Waals surface area contributed by atoms with Crippen molar-refractivity contribution in [1.82, 2.24) is 4.31 Å².